The van der Waals surface area contributed by atoms with E-state index in [1.165, 1.54) is 19.5 Å². The quantitative estimate of drug-likeness (QED) is 0.432. The molecule has 12 nitrogen and oxygen atoms in total. The molecule has 0 radical (unpaired) electrons. The number of halogens is 1. The number of methoxy groups -OCH3 is 1. The van der Waals surface area contributed by atoms with Crippen LogP contribution in [0.5, 0.6) is 5.88 Å². The molecule has 0 bridgehead atoms. The second-order valence-corrected chi connectivity index (χ2v) is 10.9. The smallest absolute Gasteiger partial charge is 0.238 e. The first-order valence-electron chi connectivity index (χ1n) is 11.4. The van der Waals surface area contributed by atoms with Crippen molar-refractivity contribution in [2.24, 2.45) is 0 Å². The number of aromatic nitrogens is 6. The van der Waals surface area contributed by atoms with Crippen molar-refractivity contribution in [2.45, 2.75) is 44.1 Å². The Morgan fingerprint density at radius 3 is 2.58 bits per heavy atom. The zero-order valence-electron chi connectivity index (χ0n) is 20.3. The second kappa shape index (κ2) is 11.0. The highest BCUT2D eigenvalue weighted by molar-refractivity contribution is 7.93. The van der Waals surface area contributed by atoms with Crippen LogP contribution in [0, 0.1) is 0 Å². The van der Waals surface area contributed by atoms with E-state index < -0.39 is 21.2 Å². The highest BCUT2D eigenvalue weighted by Crippen LogP contribution is 2.30. The fraction of sp³-hybridized carbons (Fsp3) is 0.500. The molecule has 4 atom stereocenters. The molecule has 1 unspecified atom stereocenters. The Hall–Kier alpha value is -2.87. The van der Waals surface area contributed by atoms with Gasteiger partial charge < -0.3 is 14.2 Å². The SMILES string of the molecule is COc1cccc(-c2nnc(NS(=O)(=O)[C@@H](C)[C@H](C)c3ncc(Cl)cn3)n2[C@H](C)C2COCCO2)n1. The van der Waals surface area contributed by atoms with E-state index in [-0.39, 0.29) is 18.1 Å². The van der Waals surface area contributed by atoms with Gasteiger partial charge in [-0.1, -0.05) is 24.6 Å². The minimum atomic E-state index is -3.94. The summed E-state index contributed by atoms with van der Waals surface area (Å²) < 4.78 is 47.8. The average Bonchev–Trinajstić information content (AvgIpc) is 3.31. The van der Waals surface area contributed by atoms with Gasteiger partial charge in [-0.25, -0.2) is 23.4 Å². The number of rotatable bonds is 9. The van der Waals surface area contributed by atoms with Gasteiger partial charge in [0.05, 0.1) is 43.2 Å². The molecule has 3 aromatic rings. The zero-order valence-corrected chi connectivity index (χ0v) is 21.9. The number of hydrogen-bond acceptors (Lipinski definition) is 10. The lowest BCUT2D eigenvalue weighted by Gasteiger charge is -2.30. The largest absolute Gasteiger partial charge is 0.481 e. The van der Waals surface area contributed by atoms with Crippen LogP contribution in [-0.2, 0) is 19.5 Å². The number of ether oxygens (including phenoxy) is 3. The van der Waals surface area contributed by atoms with Crippen LogP contribution in [0.2, 0.25) is 5.02 Å². The Labute approximate surface area is 214 Å². The molecule has 4 heterocycles. The summed E-state index contributed by atoms with van der Waals surface area (Å²) in [5.41, 5.74) is 0.465. The fourth-order valence-corrected chi connectivity index (χ4v) is 5.12. The summed E-state index contributed by atoms with van der Waals surface area (Å²) in [6.45, 7) is 6.48. The van der Waals surface area contributed by atoms with Crippen LogP contribution in [0.4, 0.5) is 5.95 Å². The molecule has 0 saturated carbocycles. The summed E-state index contributed by atoms with van der Waals surface area (Å²) in [6, 6.07) is 4.84. The molecular weight excluding hydrogens is 510 g/mol. The lowest BCUT2D eigenvalue weighted by Crippen LogP contribution is -2.37. The van der Waals surface area contributed by atoms with Crippen LogP contribution in [0.1, 0.15) is 38.6 Å². The molecular formula is C22H28ClN7O5S. The number of nitrogens with zero attached hydrogens (tertiary/aromatic N) is 6. The maximum Gasteiger partial charge on any atom is 0.238 e. The molecule has 14 heteroatoms. The van der Waals surface area contributed by atoms with Crippen molar-refractivity contribution >= 4 is 27.6 Å². The monoisotopic (exact) mass is 537 g/mol. The van der Waals surface area contributed by atoms with Crippen LogP contribution in [0.25, 0.3) is 11.5 Å². The van der Waals surface area contributed by atoms with Gasteiger partial charge in [-0.05, 0) is 19.9 Å². The lowest BCUT2D eigenvalue weighted by atomic mass is 10.1. The van der Waals surface area contributed by atoms with Gasteiger partial charge in [0.15, 0.2) is 5.82 Å². The molecule has 1 aliphatic heterocycles. The average molecular weight is 538 g/mol. The molecule has 0 spiro atoms. The molecule has 1 N–H and O–H groups in total. The summed E-state index contributed by atoms with van der Waals surface area (Å²) in [5.74, 6) is 0.617. The Morgan fingerprint density at radius 2 is 1.92 bits per heavy atom. The molecule has 0 aromatic carbocycles. The maximum atomic E-state index is 13.4. The van der Waals surface area contributed by atoms with Crippen molar-refractivity contribution < 1.29 is 22.6 Å². The topological polar surface area (TPSA) is 143 Å². The van der Waals surface area contributed by atoms with Crippen LogP contribution in [0.15, 0.2) is 30.6 Å². The zero-order chi connectivity index (χ0) is 25.9. The first kappa shape index (κ1) is 26.2. The summed E-state index contributed by atoms with van der Waals surface area (Å²) in [5, 5.41) is 7.91. The van der Waals surface area contributed by atoms with Gasteiger partial charge in [0, 0.05) is 24.4 Å². The number of sulfonamides is 1. The normalized spacial score (nSPS) is 18.9. The van der Waals surface area contributed by atoms with Crippen LogP contribution < -0.4 is 9.46 Å². The van der Waals surface area contributed by atoms with Gasteiger partial charge >= 0.3 is 0 Å². The van der Waals surface area contributed by atoms with E-state index in [0.717, 1.165) is 0 Å². The summed E-state index contributed by atoms with van der Waals surface area (Å²) >= 11 is 5.87. The van der Waals surface area contributed by atoms with Crippen molar-refractivity contribution in [1.82, 2.24) is 29.7 Å². The highest BCUT2D eigenvalue weighted by Gasteiger charge is 2.34. The predicted octanol–water partition coefficient (Wildman–Crippen LogP) is 2.70. The summed E-state index contributed by atoms with van der Waals surface area (Å²) in [4.78, 5) is 12.8. The molecule has 36 heavy (non-hydrogen) atoms. The van der Waals surface area contributed by atoms with E-state index >= 15 is 0 Å². The van der Waals surface area contributed by atoms with Gasteiger partial charge in [-0.15, -0.1) is 10.2 Å². The predicted molar refractivity (Wildman–Crippen MR) is 133 cm³/mol. The molecule has 3 aromatic heterocycles. The standard InChI is InChI=1S/C22H28ClN7O5S/c1-13(20-24-10-16(23)11-25-20)15(3)36(31,32)29-22-28-27-21(17-6-5-7-19(26-17)33-4)30(22)14(2)18-12-34-8-9-35-18/h5-7,10-11,13-15,18H,8-9,12H2,1-4H3,(H,28,29)/t13-,14+,15-,18?/m0/s1. The van der Waals surface area contributed by atoms with Crippen molar-refractivity contribution in [3.05, 3.63) is 41.4 Å². The van der Waals surface area contributed by atoms with E-state index in [4.69, 9.17) is 25.8 Å². The Morgan fingerprint density at radius 1 is 1.17 bits per heavy atom. The van der Waals surface area contributed by atoms with E-state index in [1.54, 1.807) is 36.6 Å². The van der Waals surface area contributed by atoms with Gasteiger partial charge in [-0.2, -0.15) is 0 Å². The number of nitrogens with one attached hydrogen (secondary N) is 1. The van der Waals surface area contributed by atoms with Crippen molar-refractivity contribution in [3.63, 3.8) is 0 Å². The van der Waals surface area contributed by atoms with Crippen molar-refractivity contribution in [1.29, 1.82) is 0 Å². The van der Waals surface area contributed by atoms with Crippen molar-refractivity contribution in [2.75, 3.05) is 31.7 Å². The van der Waals surface area contributed by atoms with Crippen LogP contribution >= 0.6 is 11.6 Å². The highest BCUT2D eigenvalue weighted by atomic mass is 35.5. The van der Waals surface area contributed by atoms with E-state index in [2.05, 4.69) is 29.9 Å². The second-order valence-electron chi connectivity index (χ2n) is 8.41. The fourth-order valence-electron chi connectivity index (χ4n) is 3.78. The minimum Gasteiger partial charge on any atom is -0.481 e. The first-order valence-corrected chi connectivity index (χ1v) is 13.3. The maximum absolute atomic E-state index is 13.4. The van der Waals surface area contributed by atoms with Gasteiger partial charge in [0.25, 0.3) is 0 Å². The Balaban J connectivity index is 1.69. The third kappa shape index (κ3) is 5.59. The van der Waals surface area contributed by atoms with E-state index in [0.29, 0.717) is 48.1 Å². The molecule has 194 valence electrons. The molecule has 4 rings (SSSR count). The third-order valence-corrected chi connectivity index (χ3v) is 8.17. The number of anilines is 1. The van der Waals surface area contributed by atoms with Crippen LogP contribution in [0.3, 0.4) is 0 Å². The molecule has 1 aliphatic rings. The van der Waals surface area contributed by atoms with Gasteiger partial charge in [0.2, 0.25) is 21.9 Å². The summed E-state index contributed by atoms with van der Waals surface area (Å²) in [6.07, 6.45) is 2.53. The van der Waals surface area contributed by atoms with Gasteiger partial charge in [-0.3, -0.25) is 9.29 Å². The third-order valence-electron chi connectivity index (χ3n) is 6.12. The summed E-state index contributed by atoms with van der Waals surface area (Å²) in [7, 11) is -2.43. The Bertz CT molecular complexity index is 1280. The first-order chi connectivity index (χ1) is 17.2. The molecule has 1 saturated heterocycles. The molecule has 0 aliphatic carbocycles. The number of pyridine rings is 1. The molecule has 0 amide bonds. The van der Waals surface area contributed by atoms with E-state index in [1.807, 2.05) is 6.92 Å². The van der Waals surface area contributed by atoms with Gasteiger partial charge in [0.1, 0.15) is 17.6 Å². The van der Waals surface area contributed by atoms with Crippen LogP contribution in [-0.4, -0.2) is 76.4 Å². The lowest BCUT2D eigenvalue weighted by molar-refractivity contribution is -0.104. The van der Waals surface area contributed by atoms with Crippen molar-refractivity contribution in [3.8, 4) is 17.4 Å². The minimum absolute atomic E-state index is 0.0346. The van der Waals surface area contributed by atoms with E-state index in [9.17, 15) is 8.42 Å². The Kier molecular flexibility index (Phi) is 8.03. The molecule has 1 fully saturated rings. The number of hydrogen-bond donors (Lipinski definition) is 1.